The molecule has 0 aliphatic heterocycles. The van der Waals surface area contributed by atoms with Crippen molar-refractivity contribution in [3.05, 3.63) is 18.2 Å². The molecular weight excluding hydrogens is 262 g/mol. The maximum atomic E-state index is 11.8. The number of hydrogen-bond donors (Lipinski definition) is 4. The molecule has 0 saturated heterocycles. The predicted octanol–water partition coefficient (Wildman–Crippen LogP) is 0.486. The van der Waals surface area contributed by atoms with Gasteiger partial charge in [-0.3, -0.25) is 5.32 Å². The first-order valence-corrected chi connectivity index (χ1v) is 6.53. The second kappa shape index (κ2) is 6.53. The van der Waals surface area contributed by atoms with Gasteiger partial charge in [0.05, 0.1) is 19.3 Å². The van der Waals surface area contributed by atoms with E-state index >= 15 is 0 Å². The minimum Gasteiger partial charge on any atom is -0.481 e. The number of nitrogens with zero attached hydrogens (tertiary/aromatic N) is 1. The molecule has 1 heterocycles. The number of ether oxygens (including phenoxy) is 1. The van der Waals surface area contributed by atoms with Gasteiger partial charge in [-0.05, 0) is 25.3 Å². The maximum absolute atomic E-state index is 11.8. The van der Waals surface area contributed by atoms with Crippen molar-refractivity contribution in [2.24, 2.45) is 0 Å². The zero-order valence-electron chi connectivity index (χ0n) is 11.2. The first-order chi connectivity index (χ1) is 9.58. The normalized spacial score (nSPS) is 25.9. The lowest BCUT2D eigenvalue weighted by Crippen LogP contribution is -2.46. The van der Waals surface area contributed by atoms with Gasteiger partial charge in [-0.15, -0.1) is 0 Å². The number of aromatic nitrogens is 1. The van der Waals surface area contributed by atoms with Gasteiger partial charge in [0.25, 0.3) is 0 Å². The molecule has 0 bridgehead atoms. The van der Waals surface area contributed by atoms with Crippen LogP contribution in [0, 0.1) is 0 Å². The van der Waals surface area contributed by atoms with Gasteiger partial charge in [0, 0.05) is 12.1 Å². The molecule has 0 radical (unpaired) electrons. The molecule has 1 aliphatic carbocycles. The van der Waals surface area contributed by atoms with Crippen LogP contribution in [0.2, 0.25) is 0 Å². The topological polar surface area (TPSA) is 104 Å². The highest BCUT2D eigenvalue weighted by Crippen LogP contribution is 2.19. The van der Waals surface area contributed by atoms with Crippen molar-refractivity contribution in [1.82, 2.24) is 10.3 Å². The fourth-order valence-electron chi connectivity index (χ4n) is 2.20. The molecular formula is C13H19N3O4. The lowest BCUT2D eigenvalue weighted by Gasteiger charge is -2.30. The Hall–Kier alpha value is -1.86. The van der Waals surface area contributed by atoms with Gasteiger partial charge in [0.1, 0.15) is 5.82 Å². The number of aliphatic hydroxyl groups excluding tert-OH is 2. The minimum atomic E-state index is -0.788. The van der Waals surface area contributed by atoms with Crippen LogP contribution in [0.3, 0.4) is 0 Å². The monoisotopic (exact) mass is 281 g/mol. The molecule has 20 heavy (non-hydrogen) atoms. The number of carbonyl (C=O) groups is 1. The molecule has 7 heteroatoms. The molecule has 0 spiro atoms. The molecule has 0 aromatic carbocycles. The Kier molecular flexibility index (Phi) is 4.75. The highest BCUT2D eigenvalue weighted by Gasteiger charge is 2.28. The summed E-state index contributed by atoms with van der Waals surface area (Å²) in [5, 5.41) is 24.3. The summed E-state index contributed by atoms with van der Waals surface area (Å²) in [5.74, 6) is 0.803. The Labute approximate surface area is 117 Å². The molecule has 1 unspecified atom stereocenters. The minimum absolute atomic E-state index is 0.154. The van der Waals surface area contributed by atoms with Crippen LogP contribution in [-0.2, 0) is 0 Å². The zero-order chi connectivity index (χ0) is 14.5. The lowest BCUT2D eigenvalue weighted by molar-refractivity contribution is -0.0166. The third-order valence-corrected chi connectivity index (χ3v) is 3.29. The van der Waals surface area contributed by atoms with Crippen LogP contribution in [0.15, 0.2) is 18.2 Å². The maximum Gasteiger partial charge on any atom is 0.320 e. The van der Waals surface area contributed by atoms with Crippen molar-refractivity contribution >= 4 is 11.8 Å². The summed E-state index contributed by atoms with van der Waals surface area (Å²) in [7, 11) is 1.50. The quantitative estimate of drug-likeness (QED) is 0.645. The van der Waals surface area contributed by atoms with Gasteiger partial charge in [-0.2, -0.15) is 4.98 Å². The van der Waals surface area contributed by atoms with E-state index in [-0.39, 0.29) is 12.1 Å². The number of rotatable bonds is 3. The average molecular weight is 281 g/mol. The van der Waals surface area contributed by atoms with E-state index in [2.05, 4.69) is 15.6 Å². The van der Waals surface area contributed by atoms with Crippen LogP contribution in [0.5, 0.6) is 5.88 Å². The van der Waals surface area contributed by atoms with E-state index in [0.29, 0.717) is 31.0 Å². The van der Waals surface area contributed by atoms with E-state index in [1.807, 2.05) is 0 Å². The van der Waals surface area contributed by atoms with Crippen LogP contribution in [0.4, 0.5) is 10.6 Å². The summed E-state index contributed by atoms with van der Waals surface area (Å²) in [5.41, 5.74) is 0. The van der Waals surface area contributed by atoms with Crippen molar-refractivity contribution < 1.29 is 19.7 Å². The number of methoxy groups -OCH3 is 1. The van der Waals surface area contributed by atoms with Gasteiger partial charge in [0.15, 0.2) is 0 Å². The Morgan fingerprint density at radius 1 is 1.35 bits per heavy atom. The summed E-state index contributed by atoms with van der Waals surface area (Å²) < 4.78 is 4.97. The van der Waals surface area contributed by atoms with Crippen LogP contribution in [-0.4, -0.2) is 46.6 Å². The first-order valence-electron chi connectivity index (χ1n) is 6.53. The summed E-state index contributed by atoms with van der Waals surface area (Å²) in [4.78, 5) is 15.9. The van der Waals surface area contributed by atoms with E-state index in [1.54, 1.807) is 18.2 Å². The summed E-state index contributed by atoms with van der Waals surface area (Å²) in [6.45, 7) is 0. The van der Waals surface area contributed by atoms with E-state index in [0.717, 1.165) is 0 Å². The van der Waals surface area contributed by atoms with Crippen molar-refractivity contribution in [2.45, 2.75) is 37.5 Å². The molecule has 1 aromatic heterocycles. The highest BCUT2D eigenvalue weighted by molar-refractivity contribution is 5.88. The van der Waals surface area contributed by atoms with Crippen molar-refractivity contribution in [2.75, 3.05) is 12.4 Å². The number of amides is 2. The van der Waals surface area contributed by atoms with E-state index < -0.39 is 12.2 Å². The third-order valence-electron chi connectivity index (χ3n) is 3.29. The number of hydrogen-bond acceptors (Lipinski definition) is 5. The van der Waals surface area contributed by atoms with Gasteiger partial charge in [0.2, 0.25) is 5.88 Å². The van der Waals surface area contributed by atoms with Crippen LogP contribution >= 0.6 is 0 Å². The number of aliphatic hydroxyl groups is 2. The van der Waals surface area contributed by atoms with Gasteiger partial charge >= 0.3 is 6.03 Å². The molecule has 1 aliphatic rings. The van der Waals surface area contributed by atoms with Crippen LogP contribution in [0.1, 0.15) is 19.3 Å². The fraction of sp³-hybridized carbons (Fsp3) is 0.538. The Morgan fingerprint density at radius 3 is 2.85 bits per heavy atom. The second-order valence-electron chi connectivity index (χ2n) is 4.81. The van der Waals surface area contributed by atoms with E-state index in [4.69, 9.17) is 4.74 Å². The fourth-order valence-corrected chi connectivity index (χ4v) is 2.20. The standard InChI is InChI=1S/C13H19N3O4/c1-20-12-4-2-3-11(15-12)16-13(19)14-8-5-6-9(17)10(18)7-8/h2-4,8-10,17-18H,5-7H2,1H3,(H2,14,15,16,19)/t8?,9-,10+/m1/s1. The molecule has 2 rings (SSSR count). The molecule has 1 aromatic rings. The SMILES string of the molecule is COc1cccc(NC(=O)NC2CC[C@@H](O)[C@@H](O)C2)n1. The molecule has 7 nitrogen and oxygen atoms in total. The molecule has 1 saturated carbocycles. The first kappa shape index (κ1) is 14.5. The Bertz CT molecular complexity index is 469. The van der Waals surface area contributed by atoms with Gasteiger partial charge in [-0.25, -0.2) is 4.79 Å². The molecule has 2 amide bonds. The van der Waals surface area contributed by atoms with Crippen molar-refractivity contribution in [3.63, 3.8) is 0 Å². The van der Waals surface area contributed by atoms with Crippen LogP contribution in [0.25, 0.3) is 0 Å². The van der Waals surface area contributed by atoms with Gasteiger partial charge < -0.3 is 20.3 Å². The van der Waals surface area contributed by atoms with Crippen LogP contribution < -0.4 is 15.4 Å². The number of nitrogens with one attached hydrogen (secondary N) is 2. The smallest absolute Gasteiger partial charge is 0.320 e. The van der Waals surface area contributed by atoms with E-state index in [9.17, 15) is 15.0 Å². The third kappa shape index (κ3) is 3.82. The lowest BCUT2D eigenvalue weighted by atomic mass is 9.91. The average Bonchev–Trinajstić information content (AvgIpc) is 2.43. The van der Waals surface area contributed by atoms with Crippen molar-refractivity contribution in [1.29, 1.82) is 0 Å². The number of pyridine rings is 1. The summed E-state index contributed by atoms with van der Waals surface area (Å²) in [6, 6.07) is 4.52. The number of urea groups is 1. The van der Waals surface area contributed by atoms with Gasteiger partial charge in [-0.1, -0.05) is 6.07 Å². The Morgan fingerprint density at radius 2 is 2.15 bits per heavy atom. The number of anilines is 1. The molecule has 1 fully saturated rings. The van der Waals surface area contributed by atoms with E-state index in [1.165, 1.54) is 7.11 Å². The largest absolute Gasteiger partial charge is 0.481 e. The molecule has 4 N–H and O–H groups in total. The highest BCUT2D eigenvalue weighted by atomic mass is 16.5. The predicted molar refractivity (Wildman–Crippen MR) is 72.6 cm³/mol. The summed E-state index contributed by atoms with van der Waals surface area (Å²) in [6.07, 6.45) is -0.0268. The summed E-state index contributed by atoms with van der Waals surface area (Å²) >= 11 is 0. The number of carbonyl (C=O) groups excluding carboxylic acids is 1. The zero-order valence-corrected chi connectivity index (χ0v) is 11.2. The second-order valence-corrected chi connectivity index (χ2v) is 4.81. The van der Waals surface area contributed by atoms with Crippen molar-refractivity contribution in [3.8, 4) is 5.88 Å². The molecule has 110 valence electrons. The molecule has 3 atom stereocenters. The Balaban J connectivity index is 1.86.